The van der Waals surface area contributed by atoms with Crippen LogP contribution in [0.15, 0.2) is 17.0 Å². The van der Waals surface area contributed by atoms with Gasteiger partial charge in [0.1, 0.15) is 6.33 Å². The van der Waals surface area contributed by atoms with Crippen LogP contribution < -0.4 is 5.32 Å². The second-order valence-corrected chi connectivity index (χ2v) is 4.96. The van der Waals surface area contributed by atoms with E-state index in [0.29, 0.717) is 17.9 Å². The smallest absolute Gasteiger partial charge is 0.115 e. The maximum absolute atomic E-state index is 4.37. The highest BCUT2D eigenvalue weighted by Gasteiger charge is 2.24. The van der Waals surface area contributed by atoms with E-state index in [1.807, 2.05) is 7.05 Å². The lowest BCUT2D eigenvalue weighted by Crippen LogP contribution is -2.32. The fraction of sp³-hybridized carbons (Fsp3) is 0.636. The standard InChI is InChI=1S/C11H18BrN3/c1-7(2)10(8(3)13-4)11-9(12)5-14-6-15-11/h5-8,10,13H,1-4H3. The lowest BCUT2D eigenvalue weighted by atomic mass is 9.86. The van der Waals surface area contributed by atoms with Gasteiger partial charge in [-0.15, -0.1) is 0 Å². The molecule has 1 heterocycles. The first kappa shape index (κ1) is 12.6. The zero-order valence-corrected chi connectivity index (χ0v) is 11.2. The van der Waals surface area contributed by atoms with Crippen LogP contribution in [-0.4, -0.2) is 23.1 Å². The first-order valence-corrected chi connectivity index (χ1v) is 5.99. The van der Waals surface area contributed by atoms with Gasteiger partial charge in [-0.25, -0.2) is 9.97 Å². The van der Waals surface area contributed by atoms with E-state index < -0.39 is 0 Å². The van der Waals surface area contributed by atoms with Crippen LogP contribution in [0.25, 0.3) is 0 Å². The molecule has 1 rings (SSSR count). The fourth-order valence-corrected chi connectivity index (χ4v) is 2.36. The van der Waals surface area contributed by atoms with Crippen molar-refractivity contribution in [1.82, 2.24) is 15.3 Å². The monoisotopic (exact) mass is 271 g/mol. The van der Waals surface area contributed by atoms with Crippen molar-refractivity contribution < 1.29 is 0 Å². The SMILES string of the molecule is CNC(C)C(c1ncncc1Br)C(C)C. The predicted molar refractivity (Wildman–Crippen MR) is 65.8 cm³/mol. The minimum Gasteiger partial charge on any atom is -0.317 e. The average Bonchev–Trinajstić information content (AvgIpc) is 2.20. The molecule has 4 heteroatoms. The van der Waals surface area contributed by atoms with E-state index in [-0.39, 0.29) is 0 Å². The summed E-state index contributed by atoms with van der Waals surface area (Å²) >= 11 is 3.51. The molecule has 2 atom stereocenters. The van der Waals surface area contributed by atoms with Crippen LogP contribution in [0.5, 0.6) is 0 Å². The summed E-state index contributed by atoms with van der Waals surface area (Å²) in [5, 5.41) is 3.29. The van der Waals surface area contributed by atoms with Crippen molar-refractivity contribution in [2.45, 2.75) is 32.7 Å². The molecule has 0 spiro atoms. The molecule has 84 valence electrons. The van der Waals surface area contributed by atoms with Gasteiger partial charge in [-0.2, -0.15) is 0 Å². The molecular weight excluding hydrogens is 254 g/mol. The lowest BCUT2D eigenvalue weighted by Gasteiger charge is -2.27. The van der Waals surface area contributed by atoms with Crippen LogP contribution in [0, 0.1) is 5.92 Å². The Bertz CT molecular complexity index is 314. The van der Waals surface area contributed by atoms with Crippen LogP contribution in [0.4, 0.5) is 0 Å². The van der Waals surface area contributed by atoms with Crippen LogP contribution in [0.2, 0.25) is 0 Å². The normalized spacial score (nSPS) is 15.3. The number of rotatable bonds is 4. The van der Waals surface area contributed by atoms with Gasteiger partial charge >= 0.3 is 0 Å². The molecule has 0 aliphatic rings. The molecule has 0 saturated carbocycles. The molecule has 0 amide bonds. The molecule has 0 radical (unpaired) electrons. The Morgan fingerprint density at radius 1 is 1.33 bits per heavy atom. The van der Waals surface area contributed by atoms with E-state index in [9.17, 15) is 0 Å². The van der Waals surface area contributed by atoms with Crippen molar-refractivity contribution in [2.24, 2.45) is 5.92 Å². The molecular formula is C11H18BrN3. The number of halogens is 1. The van der Waals surface area contributed by atoms with Gasteiger partial charge in [-0.05, 0) is 35.8 Å². The average molecular weight is 272 g/mol. The summed E-state index contributed by atoms with van der Waals surface area (Å²) in [6, 6.07) is 0.399. The highest BCUT2D eigenvalue weighted by Crippen LogP contribution is 2.30. The highest BCUT2D eigenvalue weighted by molar-refractivity contribution is 9.10. The molecule has 1 N–H and O–H groups in total. The van der Waals surface area contributed by atoms with Gasteiger partial charge in [0.2, 0.25) is 0 Å². The summed E-state index contributed by atoms with van der Waals surface area (Å²) in [4.78, 5) is 8.36. The molecule has 0 saturated heterocycles. The molecule has 2 unspecified atom stereocenters. The Hall–Kier alpha value is -0.480. The number of aromatic nitrogens is 2. The largest absolute Gasteiger partial charge is 0.317 e. The number of likely N-dealkylation sites (N-methyl/N-ethyl adjacent to an activating group) is 1. The Labute approximate surface area is 99.8 Å². The summed E-state index contributed by atoms with van der Waals surface area (Å²) in [6.07, 6.45) is 3.41. The van der Waals surface area contributed by atoms with Crippen molar-refractivity contribution in [3.8, 4) is 0 Å². The summed E-state index contributed by atoms with van der Waals surface area (Å²) < 4.78 is 0.991. The Morgan fingerprint density at radius 2 is 2.00 bits per heavy atom. The molecule has 15 heavy (non-hydrogen) atoms. The Kier molecular flexibility index (Phi) is 4.67. The van der Waals surface area contributed by atoms with E-state index >= 15 is 0 Å². The van der Waals surface area contributed by atoms with Gasteiger partial charge in [0.25, 0.3) is 0 Å². The first-order chi connectivity index (χ1) is 7.07. The molecule has 0 aromatic carbocycles. The van der Waals surface area contributed by atoms with Crippen molar-refractivity contribution in [3.05, 3.63) is 22.7 Å². The number of nitrogens with zero attached hydrogens (tertiary/aromatic N) is 2. The van der Waals surface area contributed by atoms with E-state index in [1.165, 1.54) is 0 Å². The third-order valence-corrected chi connectivity index (χ3v) is 3.34. The second kappa shape index (κ2) is 5.56. The lowest BCUT2D eigenvalue weighted by molar-refractivity contribution is 0.386. The van der Waals surface area contributed by atoms with Crippen molar-refractivity contribution in [3.63, 3.8) is 0 Å². The number of nitrogens with one attached hydrogen (secondary N) is 1. The maximum Gasteiger partial charge on any atom is 0.115 e. The molecule has 0 bridgehead atoms. The van der Waals surface area contributed by atoms with E-state index in [4.69, 9.17) is 0 Å². The molecule has 0 aliphatic carbocycles. The minimum absolute atomic E-state index is 0.396. The zero-order chi connectivity index (χ0) is 11.4. The van der Waals surface area contributed by atoms with Crippen molar-refractivity contribution in [1.29, 1.82) is 0 Å². The van der Waals surface area contributed by atoms with Crippen molar-refractivity contribution >= 4 is 15.9 Å². The summed E-state index contributed by atoms with van der Waals surface area (Å²) in [7, 11) is 1.98. The van der Waals surface area contributed by atoms with E-state index in [0.717, 1.165) is 10.2 Å². The maximum atomic E-state index is 4.37. The second-order valence-electron chi connectivity index (χ2n) is 4.10. The van der Waals surface area contributed by atoms with Crippen LogP contribution in [0.3, 0.4) is 0 Å². The summed E-state index contributed by atoms with van der Waals surface area (Å²) in [6.45, 7) is 6.61. The first-order valence-electron chi connectivity index (χ1n) is 5.20. The van der Waals surface area contributed by atoms with Gasteiger partial charge in [0, 0.05) is 18.2 Å². The van der Waals surface area contributed by atoms with Gasteiger partial charge in [0.15, 0.2) is 0 Å². The quantitative estimate of drug-likeness (QED) is 0.915. The van der Waals surface area contributed by atoms with Crippen molar-refractivity contribution in [2.75, 3.05) is 7.05 Å². The molecule has 0 aliphatic heterocycles. The van der Waals surface area contributed by atoms with Gasteiger partial charge in [0.05, 0.1) is 10.2 Å². The molecule has 1 aromatic heterocycles. The zero-order valence-electron chi connectivity index (χ0n) is 9.66. The predicted octanol–water partition coefficient (Wildman–Crippen LogP) is 2.59. The summed E-state index contributed by atoms with van der Waals surface area (Å²) in [5.74, 6) is 0.936. The number of hydrogen-bond acceptors (Lipinski definition) is 3. The third-order valence-electron chi connectivity index (χ3n) is 2.72. The molecule has 0 fully saturated rings. The van der Waals surface area contributed by atoms with Gasteiger partial charge in [-0.3, -0.25) is 0 Å². The molecule has 3 nitrogen and oxygen atoms in total. The molecule has 1 aromatic rings. The van der Waals surface area contributed by atoms with Crippen LogP contribution in [-0.2, 0) is 0 Å². The Balaban J connectivity index is 3.04. The van der Waals surface area contributed by atoms with Crippen LogP contribution in [0.1, 0.15) is 32.4 Å². The van der Waals surface area contributed by atoms with Gasteiger partial charge < -0.3 is 5.32 Å². The third kappa shape index (κ3) is 2.98. The highest BCUT2D eigenvalue weighted by atomic mass is 79.9. The minimum atomic E-state index is 0.396. The van der Waals surface area contributed by atoms with Gasteiger partial charge in [-0.1, -0.05) is 13.8 Å². The topological polar surface area (TPSA) is 37.8 Å². The summed E-state index contributed by atoms with van der Waals surface area (Å²) in [5.41, 5.74) is 1.09. The number of hydrogen-bond donors (Lipinski definition) is 1. The van der Waals surface area contributed by atoms with E-state index in [1.54, 1.807) is 12.5 Å². The van der Waals surface area contributed by atoms with Crippen LogP contribution >= 0.6 is 15.9 Å². The Morgan fingerprint density at radius 3 is 2.47 bits per heavy atom. The van der Waals surface area contributed by atoms with E-state index in [2.05, 4.69) is 52.0 Å². The fourth-order valence-electron chi connectivity index (χ4n) is 1.88.